The minimum Gasteiger partial charge on any atom is -0.353 e. The van der Waals surface area contributed by atoms with E-state index in [1.54, 1.807) is 26.4 Å². The highest BCUT2D eigenvalue weighted by Gasteiger charge is 2.34. The Morgan fingerprint density at radius 1 is 0.639 bits per heavy atom. The van der Waals surface area contributed by atoms with Crippen molar-refractivity contribution in [3.63, 3.8) is 0 Å². The van der Waals surface area contributed by atoms with Crippen LogP contribution in [-0.2, 0) is 36.8 Å². The van der Waals surface area contributed by atoms with Gasteiger partial charge in [0.25, 0.3) is 0 Å². The van der Waals surface area contributed by atoms with Gasteiger partial charge in [-0.15, -0.1) is 0 Å². The number of rotatable bonds is 9. The normalized spacial score (nSPS) is 13.8. The van der Waals surface area contributed by atoms with Crippen molar-refractivity contribution < 1.29 is 9.59 Å². The van der Waals surface area contributed by atoms with Gasteiger partial charge in [0.1, 0.15) is 23.7 Å². The Bertz CT molecular complexity index is 2760. The molecule has 2 fully saturated rings. The summed E-state index contributed by atoms with van der Waals surface area (Å²) >= 11 is 5.97. The van der Waals surface area contributed by atoms with E-state index in [1.807, 2.05) is 67.8 Å². The van der Waals surface area contributed by atoms with Gasteiger partial charge in [-0.05, 0) is 49.9 Å². The summed E-state index contributed by atoms with van der Waals surface area (Å²) in [6.07, 6.45) is 17.8. The summed E-state index contributed by atoms with van der Waals surface area (Å²) in [5.41, 5.74) is 10.6. The zero-order chi connectivity index (χ0) is 42.5. The Labute approximate surface area is 358 Å². The van der Waals surface area contributed by atoms with E-state index in [4.69, 9.17) is 11.6 Å². The molecule has 16 heteroatoms. The van der Waals surface area contributed by atoms with E-state index < -0.39 is 0 Å². The van der Waals surface area contributed by atoms with Gasteiger partial charge in [-0.3, -0.25) is 19.0 Å². The van der Waals surface area contributed by atoms with Gasteiger partial charge in [-0.25, -0.2) is 19.0 Å². The molecule has 61 heavy (non-hydrogen) atoms. The molecule has 6 aromatic heterocycles. The van der Waals surface area contributed by atoms with Gasteiger partial charge in [0, 0.05) is 93.2 Å². The zero-order valence-electron chi connectivity index (χ0n) is 34.6. The summed E-state index contributed by atoms with van der Waals surface area (Å²) in [5.74, 6) is 1.42. The van der Waals surface area contributed by atoms with Crippen LogP contribution in [0.2, 0.25) is 5.15 Å². The van der Waals surface area contributed by atoms with Gasteiger partial charge in [0.15, 0.2) is 11.0 Å². The van der Waals surface area contributed by atoms with Crippen molar-refractivity contribution in [2.75, 3.05) is 18.0 Å². The number of carbonyl (C=O) groups is 2. The molecule has 0 atom stereocenters. The number of carbonyl (C=O) groups excluding carboxylic acids is 2. The van der Waals surface area contributed by atoms with E-state index in [0.29, 0.717) is 31.3 Å². The molecule has 0 spiro atoms. The van der Waals surface area contributed by atoms with Gasteiger partial charge in [0.2, 0.25) is 11.8 Å². The number of benzene rings is 2. The average molecular weight is 838 g/mol. The molecular weight excluding hydrogens is 790 g/mol. The fourth-order valence-electron chi connectivity index (χ4n) is 7.08. The number of hydrogen-bond acceptors (Lipinski definition) is 9. The number of anilines is 1. The molecule has 0 radical (unpaired) electrons. The summed E-state index contributed by atoms with van der Waals surface area (Å²) in [4.78, 5) is 34.6. The van der Waals surface area contributed by atoms with Gasteiger partial charge < -0.3 is 15.5 Å². The van der Waals surface area contributed by atoms with Crippen molar-refractivity contribution in [3.8, 4) is 22.3 Å². The third-order valence-corrected chi connectivity index (χ3v) is 11.3. The van der Waals surface area contributed by atoms with E-state index in [-0.39, 0.29) is 23.7 Å². The molecule has 1 saturated heterocycles. The summed E-state index contributed by atoms with van der Waals surface area (Å²) in [6.45, 7) is 6.65. The zero-order valence-corrected chi connectivity index (χ0v) is 35.4. The van der Waals surface area contributed by atoms with Crippen molar-refractivity contribution in [1.29, 1.82) is 0 Å². The van der Waals surface area contributed by atoms with Gasteiger partial charge in [-0.1, -0.05) is 77.7 Å². The Morgan fingerprint density at radius 3 is 1.61 bits per heavy atom. The van der Waals surface area contributed by atoms with E-state index in [9.17, 15) is 9.59 Å². The number of aromatic nitrogens is 10. The van der Waals surface area contributed by atoms with Crippen LogP contribution in [0.5, 0.6) is 0 Å². The fourth-order valence-corrected chi connectivity index (χ4v) is 7.27. The second-order valence-corrected chi connectivity index (χ2v) is 16.1. The number of nitrogens with one attached hydrogen (secondary N) is 2. The molecule has 10 rings (SSSR count). The lowest BCUT2D eigenvalue weighted by Crippen LogP contribution is -2.54. The molecule has 2 amide bonds. The second kappa shape index (κ2) is 18.2. The first-order chi connectivity index (χ1) is 29.6. The minimum atomic E-state index is -0.0294. The van der Waals surface area contributed by atoms with Crippen LogP contribution in [0, 0.1) is 25.7 Å². The molecule has 7 heterocycles. The Morgan fingerprint density at radius 2 is 1.13 bits per heavy atom. The van der Waals surface area contributed by atoms with E-state index >= 15 is 0 Å². The van der Waals surface area contributed by atoms with E-state index in [1.165, 1.54) is 29.4 Å². The number of nitrogens with zero attached hydrogens (tertiary/aromatic N) is 11. The molecule has 1 saturated carbocycles. The number of hydrogen-bond donors (Lipinski definition) is 2. The van der Waals surface area contributed by atoms with Crippen molar-refractivity contribution in [2.24, 2.45) is 25.9 Å². The van der Waals surface area contributed by atoms with Crippen molar-refractivity contribution in [2.45, 2.75) is 46.2 Å². The van der Waals surface area contributed by atoms with Gasteiger partial charge in [-0.2, -0.15) is 20.4 Å². The van der Waals surface area contributed by atoms with Crippen LogP contribution in [0.1, 0.15) is 41.5 Å². The smallest absolute Gasteiger partial charge is 0.226 e. The number of amides is 2. The number of aryl methyl sites for hydroxylation is 4. The molecule has 312 valence electrons. The topological polar surface area (TPSA) is 157 Å². The first-order valence-corrected chi connectivity index (χ1v) is 20.7. The maximum atomic E-state index is 12.5. The maximum Gasteiger partial charge on any atom is 0.226 e. The molecule has 2 aromatic carbocycles. The van der Waals surface area contributed by atoms with Gasteiger partial charge in [0.05, 0.1) is 18.3 Å². The van der Waals surface area contributed by atoms with Crippen molar-refractivity contribution in [1.82, 2.24) is 59.4 Å². The molecule has 1 aliphatic heterocycles. The highest BCUT2D eigenvalue weighted by Crippen LogP contribution is 2.31. The molecule has 2 aliphatic rings. The van der Waals surface area contributed by atoms with E-state index in [2.05, 4.69) is 102 Å². The largest absolute Gasteiger partial charge is 0.353 e. The predicted octanol–water partition coefficient (Wildman–Crippen LogP) is 6.39. The second-order valence-electron chi connectivity index (χ2n) is 15.7. The average Bonchev–Trinajstić information content (AvgIpc) is 4.04. The SMILES string of the molecule is Cc1ccc(CNC(=O)C2CCC2)cc1.Cc1ccc(CNC(=O)C2CN(c3ncnn4cc(-c5cnn(C)c5)cc34)C2)cc1.Cn1cc(-c2cc3c(Cl)ncnn3c2)cn1. The highest BCUT2D eigenvalue weighted by atomic mass is 35.5. The molecule has 8 aromatic rings. The Balaban J connectivity index is 0.000000139. The molecule has 2 N–H and O–H groups in total. The fraction of sp³-hybridized carbons (Fsp3) is 0.289. The van der Waals surface area contributed by atoms with E-state index in [0.717, 1.165) is 57.5 Å². The van der Waals surface area contributed by atoms with Crippen LogP contribution >= 0.6 is 11.6 Å². The first-order valence-electron chi connectivity index (χ1n) is 20.3. The van der Waals surface area contributed by atoms with Crippen LogP contribution in [-0.4, -0.2) is 73.7 Å². The van der Waals surface area contributed by atoms with Crippen LogP contribution < -0.4 is 15.5 Å². The lowest BCUT2D eigenvalue weighted by Gasteiger charge is -2.39. The standard InChI is InChI=1S/C22H23N7O.C13H17NO.C10H8ClN5/c1-15-3-5-16(6-4-15)8-23-22(30)19-11-28(12-19)21-20-7-17(13-29(20)26-14-24-21)18-9-25-27(2)10-18;1-10-5-7-11(8-6-10)9-14-13(15)12-3-2-4-12;1-15-4-8(3-13-15)7-2-9-10(11)12-6-14-16(9)5-7/h3-7,9-10,13-14,19H,8,11-12H2,1-2H3,(H,23,30);5-8,12H,2-4,9H2,1H3,(H,14,15);2-6H,1H3. The van der Waals surface area contributed by atoms with Crippen LogP contribution in [0.3, 0.4) is 0 Å². The molecule has 15 nitrogen and oxygen atoms in total. The Hall–Kier alpha value is -6.87. The third-order valence-electron chi connectivity index (χ3n) is 11.0. The summed E-state index contributed by atoms with van der Waals surface area (Å²) in [7, 11) is 3.78. The molecule has 0 unspecified atom stereocenters. The molecule has 0 bridgehead atoms. The van der Waals surface area contributed by atoms with Crippen molar-refractivity contribution in [3.05, 3.63) is 138 Å². The lowest BCUT2D eigenvalue weighted by molar-refractivity contribution is -0.127. The Kier molecular flexibility index (Phi) is 12.2. The molecule has 1 aliphatic carbocycles. The summed E-state index contributed by atoms with van der Waals surface area (Å²) in [5, 5.41) is 23.3. The number of fused-ring (bicyclic) bond motifs is 2. The van der Waals surface area contributed by atoms with Crippen LogP contribution in [0.4, 0.5) is 5.82 Å². The van der Waals surface area contributed by atoms with Crippen LogP contribution in [0.15, 0.2) is 110 Å². The third kappa shape index (κ3) is 9.79. The first kappa shape index (κ1) is 40.9. The predicted molar refractivity (Wildman–Crippen MR) is 234 cm³/mol. The highest BCUT2D eigenvalue weighted by molar-refractivity contribution is 6.32. The van der Waals surface area contributed by atoms with Crippen LogP contribution in [0.25, 0.3) is 33.3 Å². The quantitative estimate of drug-likeness (QED) is 0.168. The maximum absolute atomic E-state index is 12.5. The van der Waals surface area contributed by atoms with Crippen molar-refractivity contribution >= 4 is 40.3 Å². The van der Waals surface area contributed by atoms with Gasteiger partial charge >= 0.3 is 0 Å². The minimum absolute atomic E-state index is 0.0294. The summed E-state index contributed by atoms with van der Waals surface area (Å²) in [6, 6.07) is 20.5. The monoisotopic (exact) mass is 837 g/mol. The molecular formula is C45H48ClN13O2. The lowest BCUT2D eigenvalue weighted by atomic mass is 9.85. The summed E-state index contributed by atoms with van der Waals surface area (Å²) < 4.78 is 7.07. The number of halogens is 1.